The van der Waals surface area contributed by atoms with Gasteiger partial charge in [-0.1, -0.05) is 23.3 Å². The summed E-state index contributed by atoms with van der Waals surface area (Å²) in [5.74, 6) is -3.76. The molecule has 0 spiro atoms. The van der Waals surface area contributed by atoms with Gasteiger partial charge in [0.05, 0.1) is 35.2 Å². The summed E-state index contributed by atoms with van der Waals surface area (Å²) in [4.78, 5) is 59.5. The Labute approximate surface area is 285 Å². The van der Waals surface area contributed by atoms with Crippen LogP contribution >= 0.6 is 22.9 Å². The number of methoxy groups -OCH3 is 1. The van der Waals surface area contributed by atoms with E-state index in [2.05, 4.69) is 0 Å². The summed E-state index contributed by atoms with van der Waals surface area (Å²) < 4.78 is 8.12. The summed E-state index contributed by atoms with van der Waals surface area (Å²) in [5, 5.41) is 17.7. The number of halogens is 1. The lowest BCUT2D eigenvalue weighted by Gasteiger charge is -2.49. The first-order valence-corrected chi connectivity index (χ1v) is 17.1. The lowest BCUT2D eigenvalue weighted by Crippen LogP contribution is -2.48. The van der Waals surface area contributed by atoms with Gasteiger partial charge in [0.25, 0.3) is 0 Å². The molecule has 12 heteroatoms. The molecule has 4 aromatic rings. The Morgan fingerprint density at radius 1 is 1.02 bits per heavy atom. The van der Waals surface area contributed by atoms with Gasteiger partial charge in [-0.05, 0) is 80.0 Å². The predicted octanol–water partition coefficient (Wildman–Crippen LogP) is 5.84. The number of benzene rings is 2. The van der Waals surface area contributed by atoms with Gasteiger partial charge in [-0.2, -0.15) is 5.10 Å². The Balaban J connectivity index is 1.27. The summed E-state index contributed by atoms with van der Waals surface area (Å²) in [6, 6.07) is 12.4. The normalized spacial score (nSPS) is 28.2. The molecule has 246 valence electrons. The van der Waals surface area contributed by atoms with Gasteiger partial charge in [-0.3, -0.25) is 28.8 Å². The fourth-order valence-electron chi connectivity index (χ4n) is 8.84. The van der Waals surface area contributed by atoms with Crippen LogP contribution < -0.4 is 9.64 Å². The van der Waals surface area contributed by atoms with E-state index in [0.717, 1.165) is 26.1 Å². The molecule has 0 unspecified atom stereocenters. The number of imide groups is 2. The molecule has 2 aromatic heterocycles. The van der Waals surface area contributed by atoms with Crippen LogP contribution in [0, 0.1) is 36.0 Å². The number of carbonyl (C=O) groups is 4. The van der Waals surface area contributed by atoms with Crippen molar-refractivity contribution in [3.8, 4) is 22.1 Å². The van der Waals surface area contributed by atoms with Gasteiger partial charge in [0.2, 0.25) is 23.6 Å². The quantitative estimate of drug-likeness (QED) is 0.212. The van der Waals surface area contributed by atoms with Crippen molar-refractivity contribution < 1.29 is 29.0 Å². The topological polar surface area (TPSA) is 122 Å². The number of aromatic hydroxyl groups is 1. The number of fused-ring (bicyclic) bond motifs is 5. The fraction of sp³-hybridized carbons (Fsp3) is 0.361. The molecule has 4 aliphatic rings. The number of allylic oxidation sites excluding steroid dienone is 2. The lowest BCUT2D eigenvalue weighted by atomic mass is 9.51. The number of phenols is 1. The number of rotatable bonds is 4. The first kappa shape index (κ1) is 30.8. The average molecular weight is 685 g/mol. The van der Waals surface area contributed by atoms with E-state index in [9.17, 15) is 24.3 Å². The van der Waals surface area contributed by atoms with Crippen LogP contribution in [0.25, 0.3) is 20.7 Å². The van der Waals surface area contributed by atoms with Crippen molar-refractivity contribution in [3.05, 3.63) is 70.3 Å². The first-order valence-electron chi connectivity index (χ1n) is 15.9. The van der Waals surface area contributed by atoms with Gasteiger partial charge in [-0.25, -0.2) is 4.90 Å². The highest BCUT2D eigenvalue weighted by atomic mass is 35.5. The molecular weight excluding hydrogens is 652 g/mol. The molecule has 3 fully saturated rings. The number of carbonyl (C=O) groups excluding carboxylic acids is 4. The number of hydrogen-bond donors (Lipinski definition) is 1. The zero-order valence-corrected chi connectivity index (χ0v) is 28.6. The van der Waals surface area contributed by atoms with Crippen LogP contribution in [0.2, 0.25) is 5.02 Å². The van der Waals surface area contributed by atoms with E-state index in [1.54, 1.807) is 48.2 Å². The Morgan fingerprint density at radius 3 is 2.54 bits per heavy atom. The maximum absolute atomic E-state index is 14.9. The Morgan fingerprint density at radius 2 is 1.79 bits per heavy atom. The molecule has 2 aliphatic heterocycles. The summed E-state index contributed by atoms with van der Waals surface area (Å²) >= 11 is 7.85. The van der Waals surface area contributed by atoms with Gasteiger partial charge in [-0.15, -0.1) is 11.3 Å². The molecule has 6 atom stereocenters. The molecule has 10 nitrogen and oxygen atoms in total. The van der Waals surface area contributed by atoms with E-state index in [1.807, 2.05) is 31.2 Å². The third-order valence-electron chi connectivity index (χ3n) is 11.3. The maximum atomic E-state index is 14.9. The van der Waals surface area contributed by atoms with Gasteiger partial charge in [0.15, 0.2) is 0 Å². The molecule has 0 bridgehead atoms. The van der Waals surface area contributed by atoms with Crippen LogP contribution in [0.3, 0.4) is 0 Å². The first-order chi connectivity index (χ1) is 22.9. The second kappa shape index (κ2) is 10.5. The molecular formula is C36H33ClN4O6S. The molecule has 2 aliphatic carbocycles. The van der Waals surface area contributed by atoms with Crippen LogP contribution in [-0.4, -0.2) is 57.6 Å². The fourth-order valence-corrected chi connectivity index (χ4v) is 10.2. The number of aromatic nitrogens is 2. The minimum Gasteiger partial charge on any atom is -0.508 e. The zero-order valence-electron chi connectivity index (χ0n) is 27.0. The highest BCUT2D eigenvalue weighted by Gasteiger charge is 2.68. The second-order valence-electron chi connectivity index (χ2n) is 13.5. The second-order valence-corrected chi connectivity index (χ2v) is 15.0. The number of phenolic OH excluding ortho intramolecular Hbond substituents is 1. The van der Waals surface area contributed by atoms with Crippen LogP contribution in [0.1, 0.15) is 36.8 Å². The van der Waals surface area contributed by atoms with E-state index >= 15 is 0 Å². The minimum atomic E-state index is -1.32. The van der Waals surface area contributed by atoms with Crippen LogP contribution in [0.15, 0.2) is 54.1 Å². The standard InChI is InChI=1S/C36H33ClN4O6S/c1-16-21-12-17(37)6-11-27(21)48-31(16)25-15-28(40(4)38-25)41-33(44)24-14-22-19(8-9-20-29(22)34(45)39(3)32(20)43)30(36(24,2)35(41)46)23-13-18(47-5)7-10-26(23)42/h6-8,10-13,15,20,22,24,29-30,42H,9,14H2,1-5H3/t20-,22+,24-,29-,30+,36+/m0/s1. The summed E-state index contributed by atoms with van der Waals surface area (Å²) in [5.41, 5.74) is 1.55. The summed E-state index contributed by atoms with van der Waals surface area (Å²) in [7, 11) is 4.73. The monoisotopic (exact) mass is 684 g/mol. The van der Waals surface area contributed by atoms with E-state index in [0.29, 0.717) is 34.3 Å². The van der Waals surface area contributed by atoms with E-state index < -0.39 is 46.8 Å². The van der Waals surface area contributed by atoms with Crippen LogP contribution in [-0.2, 0) is 26.2 Å². The highest BCUT2D eigenvalue weighted by Crippen LogP contribution is 2.64. The van der Waals surface area contributed by atoms with Crippen molar-refractivity contribution in [1.29, 1.82) is 0 Å². The van der Waals surface area contributed by atoms with Crippen molar-refractivity contribution in [3.63, 3.8) is 0 Å². The number of anilines is 1. The number of thiophene rings is 1. The van der Waals surface area contributed by atoms with Crippen molar-refractivity contribution >= 4 is 62.5 Å². The molecule has 0 radical (unpaired) electrons. The summed E-state index contributed by atoms with van der Waals surface area (Å²) in [6.45, 7) is 3.79. The average Bonchev–Trinajstić information content (AvgIpc) is 3.72. The molecule has 1 N–H and O–H groups in total. The van der Waals surface area contributed by atoms with Gasteiger partial charge >= 0.3 is 0 Å². The number of likely N-dealkylation sites (tertiary alicyclic amines) is 1. The van der Waals surface area contributed by atoms with E-state index in [4.69, 9.17) is 21.4 Å². The van der Waals surface area contributed by atoms with E-state index in [-0.39, 0.29) is 24.0 Å². The summed E-state index contributed by atoms with van der Waals surface area (Å²) in [6.07, 6.45) is 2.52. The molecule has 4 amide bonds. The Hall–Kier alpha value is -4.48. The van der Waals surface area contributed by atoms with E-state index in [1.165, 1.54) is 30.0 Å². The Bertz CT molecular complexity index is 2150. The Kier molecular flexibility index (Phi) is 6.75. The van der Waals surface area contributed by atoms with Crippen molar-refractivity contribution in [2.24, 2.45) is 36.1 Å². The number of amides is 4. The number of hydrogen-bond acceptors (Lipinski definition) is 8. The number of ether oxygens (including phenoxy) is 1. The smallest absolute Gasteiger partial charge is 0.242 e. The molecule has 2 saturated heterocycles. The molecule has 1 saturated carbocycles. The molecule has 8 rings (SSSR count). The SMILES string of the molecule is COc1ccc(O)c([C@H]2C3=CC[C@@H]4C(=O)N(C)C(=O)[C@@H]4[C@@H]3C[C@H]3C(=O)N(c4cc(-c5sc6ccc(Cl)cc6c5C)nn4C)C(=O)[C@@]23C)c1. The number of aryl methyl sites for hydroxylation is 2. The van der Waals surface area contributed by atoms with Crippen molar-refractivity contribution in [1.82, 2.24) is 14.7 Å². The third-order valence-corrected chi connectivity index (χ3v) is 12.8. The highest BCUT2D eigenvalue weighted by molar-refractivity contribution is 7.22. The molecule has 2 aromatic carbocycles. The lowest BCUT2D eigenvalue weighted by molar-refractivity contribution is -0.138. The van der Waals surface area contributed by atoms with Gasteiger partial charge in [0.1, 0.15) is 23.0 Å². The maximum Gasteiger partial charge on any atom is 0.242 e. The molecule has 48 heavy (non-hydrogen) atoms. The predicted molar refractivity (Wildman–Crippen MR) is 181 cm³/mol. The van der Waals surface area contributed by atoms with Crippen molar-refractivity contribution in [2.75, 3.05) is 19.1 Å². The van der Waals surface area contributed by atoms with Crippen molar-refractivity contribution in [2.45, 2.75) is 32.6 Å². The van der Waals surface area contributed by atoms with Crippen LogP contribution in [0.5, 0.6) is 11.5 Å². The third kappa shape index (κ3) is 4.00. The van der Waals surface area contributed by atoms with Gasteiger partial charge < -0.3 is 9.84 Å². The van der Waals surface area contributed by atoms with Crippen LogP contribution in [0.4, 0.5) is 5.82 Å². The number of nitrogens with zero attached hydrogens (tertiary/aromatic N) is 4. The minimum absolute atomic E-state index is 0.0442. The molecule has 4 heterocycles. The van der Waals surface area contributed by atoms with Gasteiger partial charge in [0, 0.05) is 41.4 Å². The largest absolute Gasteiger partial charge is 0.508 e. The zero-order chi connectivity index (χ0) is 34.0.